The Morgan fingerprint density at radius 3 is 2.62 bits per heavy atom. The molecule has 0 saturated carbocycles. The summed E-state index contributed by atoms with van der Waals surface area (Å²) in [5.74, 6) is 0.577. The highest BCUT2D eigenvalue weighted by Gasteiger charge is 2.21. The fourth-order valence-electron chi connectivity index (χ4n) is 1.93. The van der Waals surface area contributed by atoms with Crippen molar-refractivity contribution in [2.45, 2.75) is 32.6 Å². The van der Waals surface area contributed by atoms with Crippen LogP contribution >= 0.6 is 0 Å². The molecule has 1 aliphatic rings. The molecule has 1 rings (SSSR count). The Bertz CT molecular complexity index is 200. The number of ether oxygens (including phenoxy) is 1. The summed E-state index contributed by atoms with van der Waals surface area (Å²) in [4.78, 5) is 13.6. The van der Waals surface area contributed by atoms with Crippen LogP contribution in [0.3, 0.4) is 0 Å². The Morgan fingerprint density at radius 1 is 1.38 bits per heavy atom. The first-order valence-corrected chi connectivity index (χ1v) is 6.24. The number of amides is 1. The average molecular weight is 229 g/mol. The van der Waals surface area contributed by atoms with Crippen LogP contribution in [0.25, 0.3) is 0 Å². The summed E-state index contributed by atoms with van der Waals surface area (Å²) in [6, 6.07) is 0. The summed E-state index contributed by atoms with van der Waals surface area (Å²) in [7, 11) is 0. The van der Waals surface area contributed by atoms with Crippen LogP contribution in [0.1, 0.15) is 32.6 Å². The van der Waals surface area contributed by atoms with E-state index in [-0.39, 0.29) is 12.5 Å². The SMILES string of the molecule is CCCOCCC(=O)N1CCC(CO)CC1. The molecule has 4 nitrogen and oxygen atoms in total. The third-order valence-electron chi connectivity index (χ3n) is 3.03. The highest BCUT2D eigenvalue weighted by molar-refractivity contribution is 5.76. The summed E-state index contributed by atoms with van der Waals surface area (Å²) in [6.07, 6.45) is 3.34. The van der Waals surface area contributed by atoms with Crippen molar-refractivity contribution in [1.29, 1.82) is 0 Å². The van der Waals surface area contributed by atoms with E-state index in [1.807, 2.05) is 4.90 Å². The molecule has 0 aromatic heterocycles. The van der Waals surface area contributed by atoms with Gasteiger partial charge in [0.1, 0.15) is 0 Å². The Balaban J connectivity index is 2.13. The van der Waals surface area contributed by atoms with Gasteiger partial charge in [0, 0.05) is 26.3 Å². The summed E-state index contributed by atoms with van der Waals surface area (Å²) in [5.41, 5.74) is 0. The maximum Gasteiger partial charge on any atom is 0.224 e. The van der Waals surface area contributed by atoms with Crippen molar-refractivity contribution in [3.05, 3.63) is 0 Å². The highest BCUT2D eigenvalue weighted by Crippen LogP contribution is 2.16. The van der Waals surface area contributed by atoms with Gasteiger partial charge in [0.05, 0.1) is 13.0 Å². The Labute approximate surface area is 97.6 Å². The number of aliphatic hydroxyl groups excluding tert-OH is 1. The van der Waals surface area contributed by atoms with Crippen LogP contribution in [0.15, 0.2) is 0 Å². The molecule has 4 heteroatoms. The maximum atomic E-state index is 11.7. The van der Waals surface area contributed by atoms with Gasteiger partial charge in [0.25, 0.3) is 0 Å². The van der Waals surface area contributed by atoms with E-state index >= 15 is 0 Å². The molecule has 0 radical (unpaired) electrons. The van der Waals surface area contributed by atoms with Gasteiger partial charge in [-0.3, -0.25) is 4.79 Å². The van der Waals surface area contributed by atoms with Crippen molar-refractivity contribution in [3.8, 4) is 0 Å². The van der Waals surface area contributed by atoms with Gasteiger partial charge in [-0.15, -0.1) is 0 Å². The second-order valence-corrected chi connectivity index (χ2v) is 4.37. The molecule has 0 spiro atoms. The van der Waals surface area contributed by atoms with Gasteiger partial charge >= 0.3 is 0 Å². The van der Waals surface area contributed by atoms with E-state index in [2.05, 4.69) is 6.92 Å². The van der Waals surface area contributed by atoms with Gasteiger partial charge in [0.2, 0.25) is 5.91 Å². The molecular formula is C12H23NO3. The lowest BCUT2D eigenvalue weighted by atomic mass is 9.98. The number of likely N-dealkylation sites (tertiary alicyclic amines) is 1. The van der Waals surface area contributed by atoms with Gasteiger partial charge in [-0.2, -0.15) is 0 Å². The first-order chi connectivity index (χ1) is 7.77. The van der Waals surface area contributed by atoms with E-state index in [0.717, 1.165) is 39.0 Å². The monoisotopic (exact) mass is 229 g/mol. The lowest BCUT2D eigenvalue weighted by Gasteiger charge is -2.31. The fraction of sp³-hybridized carbons (Fsp3) is 0.917. The number of rotatable bonds is 6. The number of carbonyl (C=O) groups excluding carboxylic acids is 1. The lowest BCUT2D eigenvalue weighted by Crippen LogP contribution is -2.39. The van der Waals surface area contributed by atoms with Crippen LogP contribution in [0, 0.1) is 5.92 Å². The summed E-state index contributed by atoms with van der Waals surface area (Å²) < 4.78 is 5.30. The lowest BCUT2D eigenvalue weighted by molar-refractivity contribution is -0.133. The Hall–Kier alpha value is -0.610. The molecule has 1 aliphatic heterocycles. The second kappa shape index (κ2) is 7.63. The van der Waals surface area contributed by atoms with E-state index in [1.54, 1.807) is 0 Å². The summed E-state index contributed by atoms with van der Waals surface area (Å²) in [5, 5.41) is 8.99. The van der Waals surface area contributed by atoms with Crippen molar-refractivity contribution in [2.75, 3.05) is 32.9 Å². The van der Waals surface area contributed by atoms with Crippen molar-refractivity contribution >= 4 is 5.91 Å². The van der Waals surface area contributed by atoms with Gasteiger partial charge in [-0.1, -0.05) is 6.92 Å². The van der Waals surface area contributed by atoms with Crippen molar-refractivity contribution in [3.63, 3.8) is 0 Å². The van der Waals surface area contributed by atoms with Gasteiger partial charge in [-0.05, 0) is 25.2 Å². The predicted molar refractivity (Wildman–Crippen MR) is 62.1 cm³/mol. The standard InChI is InChI=1S/C12H23NO3/c1-2-8-16-9-5-12(15)13-6-3-11(10-14)4-7-13/h11,14H,2-10H2,1H3. The largest absolute Gasteiger partial charge is 0.396 e. The van der Waals surface area contributed by atoms with Crippen LogP contribution in [-0.2, 0) is 9.53 Å². The van der Waals surface area contributed by atoms with E-state index in [1.165, 1.54) is 0 Å². The average Bonchev–Trinajstić information content (AvgIpc) is 2.34. The van der Waals surface area contributed by atoms with Crippen LogP contribution in [0.2, 0.25) is 0 Å². The Kier molecular flexibility index (Phi) is 6.42. The first kappa shape index (κ1) is 13.5. The minimum absolute atomic E-state index is 0.187. The predicted octanol–water partition coefficient (Wildman–Crippen LogP) is 1.03. The normalized spacial score (nSPS) is 17.8. The number of hydrogen-bond acceptors (Lipinski definition) is 3. The third-order valence-corrected chi connectivity index (χ3v) is 3.03. The Morgan fingerprint density at radius 2 is 2.06 bits per heavy atom. The summed E-state index contributed by atoms with van der Waals surface area (Å²) in [6.45, 7) is 5.16. The van der Waals surface area contributed by atoms with Crippen molar-refractivity contribution in [2.24, 2.45) is 5.92 Å². The molecular weight excluding hydrogens is 206 g/mol. The second-order valence-electron chi connectivity index (χ2n) is 4.37. The van der Waals surface area contributed by atoms with E-state index < -0.39 is 0 Å². The quantitative estimate of drug-likeness (QED) is 0.692. The zero-order valence-corrected chi connectivity index (χ0v) is 10.2. The maximum absolute atomic E-state index is 11.7. The third kappa shape index (κ3) is 4.49. The molecule has 1 fully saturated rings. The van der Waals surface area contributed by atoms with Gasteiger partial charge < -0.3 is 14.7 Å². The van der Waals surface area contributed by atoms with E-state index in [4.69, 9.17) is 9.84 Å². The smallest absolute Gasteiger partial charge is 0.224 e. The van der Waals surface area contributed by atoms with Gasteiger partial charge in [0.15, 0.2) is 0 Å². The molecule has 1 saturated heterocycles. The first-order valence-electron chi connectivity index (χ1n) is 6.24. The molecule has 1 heterocycles. The highest BCUT2D eigenvalue weighted by atomic mass is 16.5. The van der Waals surface area contributed by atoms with E-state index in [9.17, 15) is 4.79 Å². The number of piperidine rings is 1. The zero-order valence-electron chi connectivity index (χ0n) is 10.2. The zero-order chi connectivity index (χ0) is 11.8. The molecule has 94 valence electrons. The minimum Gasteiger partial charge on any atom is -0.396 e. The van der Waals surface area contributed by atoms with Gasteiger partial charge in [-0.25, -0.2) is 0 Å². The topological polar surface area (TPSA) is 49.8 Å². The molecule has 0 aromatic rings. The molecule has 0 aliphatic carbocycles. The number of nitrogens with zero attached hydrogens (tertiary/aromatic N) is 1. The molecule has 0 atom stereocenters. The summed E-state index contributed by atoms with van der Waals surface area (Å²) >= 11 is 0. The van der Waals surface area contributed by atoms with Crippen molar-refractivity contribution < 1.29 is 14.6 Å². The molecule has 0 bridgehead atoms. The van der Waals surface area contributed by atoms with Crippen molar-refractivity contribution in [1.82, 2.24) is 4.90 Å². The minimum atomic E-state index is 0.187. The fourth-order valence-corrected chi connectivity index (χ4v) is 1.93. The van der Waals surface area contributed by atoms with E-state index in [0.29, 0.717) is 18.9 Å². The molecule has 16 heavy (non-hydrogen) atoms. The van der Waals surface area contributed by atoms with Crippen LogP contribution in [0.4, 0.5) is 0 Å². The number of carbonyl (C=O) groups is 1. The molecule has 1 N–H and O–H groups in total. The molecule has 0 aromatic carbocycles. The van der Waals surface area contributed by atoms with Crippen LogP contribution < -0.4 is 0 Å². The number of aliphatic hydroxyl groups is 1. The molecule has 0 unspecified atom stereocenters. The number of hydrogen-bond donors (Lipinski definition) is 1. The molecule has 1 amide bonds. The van der Waals surface area contributed by atoms with Crippen LogP contribution in [0.5, 0.6) is 0 Å². The van der Waals surface area contributed by atoms with Crippen LogP contribution in [-0.4, -0.2) is 48.8 Å².